The molecule has 1 N–H and O–H groups in total. The molecular weight excluding hydrogens is 539 g/mol. The van der Waals surface area contributed by atoms with Crippen molar-refractivity contribution in [2.75, 3.05) is 6.61 Å². The molecule has 0 spiro atoms. The van der Waals surface area contributed by atoms with Crippen LogP contribution in [0.3, 0.4) is 0 Å². The lowest BCUT2D eigenvalue weighted by Crippen LogP contribution is -2.32. The third-order valence-electron chi connectivity index (χ3n) is 5.47. The number of aromatic amines is 1. The number of Topliss-reactive ketones (excluding diaryl/α,β-unsaturated/α-hetero) is 1. The minimum absolute atomic E-state index is 0.0506. The summed E-state index contributed by atoms with van der Waals surface area (Å²) in [6.45, 7) is -0.487. The number of nitrogens with zero attached hydrogens (tertiary/aromatic N) is 3. The first-order chi connectivity index (χ1) is 19.7. The first-order valence-corrected chi connectivity index (χ1v) is 11.9. The maximum Gasteiger partial charge on any atom is 0.344 e. The predicted octanol–water partition coefficient (Wildman–Crippen LogP) is 2.63. The Morgan fingerprint density at radius 3 is 2.27 bits per heavy atom. The molecule has 2 aromatic heterocycles. The number of halogens is 1. The molecule has 4 aromatic rings. The van der Waals surface area contributed by atoms with Crippen molar-refractivity contribution in [1.29, 1.82) is 5.26 Å². The molecule has 0 unspecified atom stereocenters. The van der Waals surface area contributed by atoms with Crippen molar-refractivity contribution in [3.8, 4) is 17.8 Å². The summed E-state index contributed by atoms with van der Waals surface area (Å²) in [6, 6.07) is 18.0. The average molecular weight is 558 g/mol. The number of ether oxygens (including phenoxy) is 3. The maximum atomic E-state index is 13.3. The molecule has 0 aliphatic rings. The molecule has 2 aromatic carbocycles. The van der Waals surface area contributed by atoms with Gasteiger partial charge in [-0.2, -0.15) is 14.6 Å². The second kappa shape index (κ2) is 12.9. The molecule has 0 saturated carbocycles. The summed E-state index contributed by atoms with van der Waals surface area (Å²) >= 11 is 0. The van der Waals surface area contributed by atoms with Crippen molar-refractivity contribution >= 4 is 17.7 Å². The van der Waals surface area contributed by atoms with Gasteiger partial charge < -0.3 is 14.2 Å². The molecule has 0 aliphatic heterocycles. The van der Waals surface area contributed by atoms with E-state index in [2.05, 4.69) is 4.98 Å². The lowest BCUT2D eigenvalue weighted by molar-refractivity contribution is 0.0636. The number of benzene rings is 2. The number of ketones is 1. The molecule has 13 heteroatoms. The fraction of sp³-hybridized carbons (Fsp3) is 0.107. The largest absolute Gasteiger partial charge is 0.404 e. The van der Waals surface area contributed by atoms with E-state index in [1.165, 1.54) is 36.4 Å². The number of nitriles is 1. The van der Waals surface area contributed by atoms with E-state index in [1.54, 1.807) is 35.3 Å². The molecular formula is C28H19FN4O8. The first kappa shape index (κ1) is 28.3. The molecule has 0 amide bonds. The van der Waals surface area contributed by atoms with Crippen LogP contribution in [0.5, 0.6) is 11.8 Å². The third-order valence-corrected chi connectivity index (χ3v) is 5.47. The highest BCUT2D eigenvalue weighted by molar-refractivity contribution is 5.98. The highest BCUT2D eigenvalue weighted by Gasteiger charge is 2.17. The number of esters is 2. The number of hydrogen-bond donors (Lipinski definition) is 1. The molecule has 0 saturated heterocycles. The van der Waals surface area contributed by atoms with E-state index in [9.17, 15) is 33.6 Å². The van der Waals surface area contributed by atoms with Gasteiger partial charge in [-0.1, -0.05) is 30.3 Å². The van der Waals surface area contributed by atoms with Gasteiger partial charge in [0.25, 0.3) is 5.56 Å². The Kier molecular flexibility index (Phi) is 8.88. The van der Waals surface area contributed by atoms with Gasteiger partial charge in [0.15, 0.2) is 5.78 Å². The number of H-pyrrole nitrogens is 1. The predicted molar refractivity (Wildman–Crippen MR) is 138 cm³/mol. The van der Waals surface area contributed by atoms with Crippen LogP contribution >= 0.6 is 0 Å². The van der Waals surface area contributed by atoms with Crippen LogP contribution in [0.15, 0.2) is 82.5 Å². The van der Waals surface area contributed by atoms with E-state index in [4.69, 9.17) is 14.2 Å². The Balaban J connectivity index is 1.34. The molecule has 2 heterocycles. The van der Waals surface area contributed by atoms with Crippen molar-refractivity contribution in [2.24, 2.45) is 0 Å². The van der Waals surface area contributed by atoms with Crippen LogP contribution in [-0.4, -0.2) is 38.9 Å². The van der Waals surface area contributed by atoms with E-state index in [0.717, 1.165) is 4.57 Å². The SMILES string of the molecule is N#Cc1ccc(OC(=O)c2ccccc2)nc1OC(=O)c1ccc(C(=O)CCOCn2cc(F)c(=O)[nH]c2=O)cc1. The van der Waals surface area contributed by atoms with E-state index < -0.39 is 29.0 Å². The second-order valence-electron chi connectivity index (χ2n) is 8.25. The van der Waals surface area contributed by atoms with Crippen molar-refractivity contribution in [3.05, 3.63) is 122 Å². The summed E-state index contributed by atoms with van der Waals surface area (Å²) in [6.07, 6.45) is 0.609. The molecule has 12 nitrogen and oxygen atoms in total. The fourth-order valence-corrected chi connectivity index (χ4v) is 3.36. The number of hydrogen-bond acceptors (Lipinski definition) is 10. The molecule has 0 atom stereocenters. The summed E-state index contributed by atoms with van der Waals surface area (Å²) < 4.78 is 29.8. The first-order valence-electron chi connectivity index (χ1n) is 11.9. The van der Waals surface area contributed by atoms with Gasteiger partial charge in [-0.25, -0.2) is 14.4 Å². The molecule has 0 fully saturated rings. The van der Waals surface area contributed by atoms with Gasteiger partial charge in [-0.3, -0.25) is 19.1 Å². The van der Waals surface area contributed by atoms with Gasteiger partial charge >= 0.3 is 17.6 Å². The van der Waals surface area contributed by atoms with E-state index in [-0.39, 0.29) is 59.6 Å². The van der Waals surface area contributed by atoms with Gasteiger partial charge in [0.2, 0.25) is 17.6 Å². The number of rotatable bonds is 10. The van der Waals surface area contributed by atoms with Crippen LogP contribution in [0.25, 0.3) is 0 Å². The lowest BCUT2D eigenvalue weighted by atomic mass is 10.1. The summed E-state index contributed by atoms with van der Waals surface area (Å²) in [5, 5.41) is 9.36. The summed E-state index contributed by atoms with van der Waals surface area (Å²) in [5.41, 5.74) is -1.50. The Morgan fingerprint density at radius 2 is 1.56 bits per heavy atom. The zero-order valence-corrected chi connectivity index (χ0v) is 21.0. The van der Waals surface area contributed by atoms with Gasteiger partial charge in [0.1, 0.15) is 18.4 Å². The Morgan fingerprint density at radius 1 is 0.902 bits per heavy atom. The second-order valence-corrected chi connectivity index (χ2v) is 8.25. The number of aromatic nitrogens is 3. The number of nitrogens with one attached hydrogen (secondary N) is 1. The van der Waals surface area contributed by atoms with Gasteiger partial charge in [0, 0.05) is 18.1 Å². The Labute approximate surface area is 230 Å². The zero-order valence-electron chi connectivity index (χ0n) is 21.0. The van der Waals surface area contributed by atoms with Crippen LogP contribution in [0.1, 0.15) is 43.1 Å². The van der Waals surface area contributed by atoms with Crippen molar-refractivity contribution in [2.45, 2.75) is 13.2 Å². The van der Waals surface area contributed by atoms with Crippen LogP contribution in [0.4, 0.5) is 4.39 Å². The molecule has 41 heavy (non-hydrogen) atoms. The van der Waals surface area contributed by atoms with Crippen molar-refractivity contribution in [3.63, 3.8) is 0 Å². The number of carbonyl (C=O) groups is 3. The smallest absolute Gasteiger partial charge is 0.344 e. The standard InChI is InChI=1S/C28H19FN4O8/c29-21-15-33(28(38)32-24(21)35)16-39-13-12-22(34)17-6-8-19(9-7-17)27(37)41-25-20(14-30)10-11-23(31-25)40-26(36)18-4-2-1-3-5-18/h1-11,15H,12-13,16H2,(H,32,35,38). The van der Waals surface area contributed by atoms with Crippen LogP contribution in [-0.2, 0) is 11.5 Å². The van der Waals surface area contributed by atoms with E-state index >= 15 is 0 Å². The maximum absolute atomic E-state index is 13.3. The molecule has 0 bridgehead atoms. The monoisotopic (exact) mass is 558 g/mol. The minimum Gasteiger partial charge on any atom is -0.404 e. The summed E-state index contributed by atoms with van der Waals surface area (Å²) in [7, 11) is 0. The van der Waals surface area contributed by atoms with Crippen LogP contribution in [0, 0.1) is 17.1 Å². The van der Waals surface area contributed by atoms with Crippen LogP contribution < -0.4 is 20.7 Å². The van der Waals surface area contributed by atoms with Gasteiger partial charge in [0.05, 0.1) is 23.9 Å². The fourth-order valence-electron chi connectivity index (χ4n) is 3.36. The minimum atomic E-state index is -1.15. The summed E-state index contributed by atoms with van der Waals surface area (Å²) in [4.78, 5) is 65.8. The summed E-state index contributed by atoms with van der Waals surface area (Å²) in [5.74, 6) is -3.60. The van der Waals surface area contributed by atoms with Crippen molar-refractivity contribution < 1.29 is 33.0 Å². The van der Waals surface area contributed by atoms with E-state index in [1.807, 2.05) is 6.07 Å². The highest BCUT2D eigenvalue weighted by atomic mass is 19.1. The van der Waals surface area contributed by atoms with Crippen molar-refractivity contribution in [1.82, 2.24) is 14.5 Å². The zero-order chi connectivity index (χ0) is 29.4. The number of carbonyl (C=O) groups excluding carboxylic acids is 3. The quantitative estimate of drug-likeness (QED) is 0.173. The highest BCUT2D eigenvalue weighted by Crippen LogP contribution is 2.22. The Hall–Kier alpha value is -5.74. The average Bonchev–Trinajstić information content (AvgIpc) is 2.98. The third kappa shape index (κ3) is 7.22. The van der Waals surface area contributed by atoms with Crippen LogP contribution in [0.2, 0.25) is 0 Å². The molecule has 206 valence electrons. The normalized spacial score (nSPS) is 10.4. The topological polar surface area (TPSA) is 170 Å². The van der Waals surface area contributed by atoms with E-state index in [0.29, 0.717) is 6.20 Å². The van der Waals surface area contributed by atoms with Gasteiger partial charge in [-0.15, -0.1) is 0 Å². The van der Waals surface area contributed by atoms with Gasteiger partial charge in [-0.05, 0) is 30.3 Å². The molecule has 0 radical (unpaired) electrons. The molecule has 4 rings (SSSR count). The number of pyridine rings is 1. The molecule has 0 aliphatic carbocycles. The lowest BCUT2D eigenvalue weighted by Gasteiger charge is -2.09. The Bertz CT molecular complexity index is 1760.